The lowest BCUT2D eigenvalue weighted by Gasteiger charge is -2.10. The molecule has 4 nitrogen and oxygen atoms in total. The minimum atomic E-state index is -0.283. The van der Waals surface area contributed by atoms with E-state index in [9.17, 15) is 4.79 Å². The van der Waals surface area contributed by atoms with E-state index < -0.39 is 0 Å². The van der Waals surface area contributed by atoms with Crippen LogP contribution >= 0.6 is 11.6 Å². The van der Waals surface area contributed by atoms with Gasteiger partial charge < -0.3 is 9.30 Å². The van der Waals surface area contributed by atoms with Gasteiger partial charge in [-0.15, -0.1) is 0 Å². The summed E-state index contributed by atoms with van der Waals surface area (Å²) in [5.74, 6) is -0.283. The molecule has 2 aromatic carbocycles. The quantitative estimate of drug-likeness (QED) is 0.645. The Kier molecular flexibility index (Phi) is 4.96. The van der Waals surface area contributed by atoms with Crippen molar-refractivity contribution in [1.82, 2.24) is 9.55 Å². The average molecular weight is 341 g/mol. The van der Waals surface area contributed by atoms with Crippen LogP contribution in [0.1, 0.15) is 6.92 Å². The molecule has 0 N–H and O–H groups in total. The number of halogens is 1. The number of hydrogen-bond donors (Lipinski definition) is 0. The summed E-state index contributed by atoms with van der Waals surface area (Å²) in [6.45, 7) is 2.28. The number of rotatable bonds is 5. The van der Waals surface area contributed by atoms with E-state index in [0.29, 0.717) is 11.6 Å². The van der Waals surface area contributed by atoms with Crippen molar-refractivity contribution in [2.24, 2.45) is 0 Å². The van der Waals surface area contributed by atoms with Crippen LogP contribution in [0.3, 0.4) is 0 Å². The Morgan fingerprint density at radius 3 is 2.46 bits per heavy atom. The Bertz CT molecular complexity index is 826. The molecule has 0 fully saturated rings. The monoisotopic (exact) mass is 340 g/mol. The van der Waals surface area contributed by atoms with E-state index in [0.717, 1.165) is 22.5 Å². The molecule has 24 heavy (non-hydrogen) atoms. The number of carbonyl (C=O) groups excluding carboxylic acids is 1. The minimum absolute atomic E-state index is 0.124. The molecule has 122 valence electrons. The summed E-state index contributed by atoms with van der Waals surface area (Å²) >= 11 is 5.98. The summed E-state index contributed by atoms with van der Waals surface area (Å²) in [6.07, 6.45) is 1.67. The number of nitrogens with zero attached hydrogens (tertiary/aromatic N) is 2. The SMILES string of the molecule is CCOC(=O)Cn1cnc(-c2ccc(Cl)cc2)c1-c1ccccc1. The number of benzene rings is 2. The Labute approximate surface area is 145 Å². The van der Waals surface area contributed by atoms with E-state index in [1.54, 1.807) is 13.3 Å². The third kappa shape index (κ3) is 3.49. The van der Waals surface area contributed by atoms with Crippen LogP contribution in [0.2, 0.25) is 5.02 Å². The van der Waals surface area contributed by atoms with Crippen LogP contribution in [0.5, 0.6) is 0 Å². The molecule has 0 spiro atoms. The van der Waals surface area contributed by atoms with Crippen molar-refractivity contribution in [2.75, 3.05) is 6.61 Å². The standard InChI is InChI=1S/C19H17ClN2O2/c1-2-24-17(23)12-22-13-21-18(14-8-10-16(20)11-9-14)19(22)15-6-4-3-5-7-15/h3-11,13H,2,12H2,1H3. The fraction of sp³-hybridized carbons (Fsp3) is 0.158. The van der Waals surface area contributed by atoms with Crippen molar-refractivity contribution < 1.29 is 9.53 Å². The maximum Gasteiger partial charge on any atom is 0.325 e. The molecule has 0 saturated carbocycles. The average Bonchev–Trinajstić information content (AvgIpc) is 3.00. The largest absolute Gasteiger partial charge is 0.465 e. The highest BCUT2D eigenvalue weighted by Crippen LogP contribution is 2.31. The van der Waals surface area contributed by atoms with Crippen molar-refractivity contribution in [3.05, 3.63) is 65.9 Å². The second-order valence-electron chi connectivity index (χ2n) is 5.25. The number of imidazole rings is 1. The smallest absolute Gasteiger partial charge is 0.325 e. The van der Waals surface area contributed by atoms with Crippen LogP contribution in [0.4, 0.5) is 0 Å². The van der Waals surface area contributed by atoms with Gasteiger partial charge in [-0.1, -0.05) is 54.1 Å². The van der Waals surface area contributed by atoms with E-state index in [1.165, 1.54) is 0 Å². The maximum atomic E-state index is 11.9. The van der Waals surface area contributed by atoms with Gasteiger partial charge in [-0.05, 0) is 19.1 Å². The van der Waals surface area contributed by atoms with Crippen LogP contribution in [0, 0.1) is 0 Å². The number of aromatic nitrogens is 2. The second-order valence-corrected chi connectivity index (χ2v) is 5.68. The van der Waals surface area contributed by atoms with Gasteiger partial charge in [0.2, 0.25) is 0 Å². The van der Waals surface area contributed by atoms with Gasteiger partial charge >= 0.3 is 5.97 Å². The second kappa shape index (κ2) is 7.32. The molecular formula is C19H17ClN2O2. The molecule has 0 amide bonds. The molecule has 0 aliphatic carbocycles. The van der Waals surface area contributed by atoms with Gasteiger partial charge in [0.15, 0.2) is 0 Å². The third-order valence-corrected chi connectivity index (χ3v) is 3.86. The first-order valence-electron chi connectivity index (χ1n) is 7.71. The van der Waals surface area contributed by atoms with Gasteiger partial charge in [0.25, 0.3) is 0 Å². The summed E-state index contributed by atoms with van der Waals surface area (Å²) < 4.78 is 6.88. The van der Waals surface area contributed by atoms with Crippen molar-refractivity contribution >= 4 is 17.6 Å². The molecular weight excluding hydrogens is 324 g/mol. The summed E-state index contributed by atoms with van der Waals surface area (Å²) in [7, 11) is 0. The third-order valence-electron chi connectivity index (χ3n) is 3.61. The summed E-state index contributed by atoms with van der Waals surface area (Å²) in [5.41, 5.74) is 3.62. The Morgan fingerprint density at radius 1 is 1.08 bits per heavy atom. The fourth-order valence-corrected chi connectivity index (χ4v) is 2.69. The van der Waals surface area contributed by atoms with Crippen LogP contribution in [0.15, 0.2) is 60.9 Å². The summed E-state index contributed by atoms with van der Waals surface area (Å²) in [5, 5.41) is 0.672. The van der Waals surface area contributed by atoms with Crippen molar-refractivity contribution in [3.8, 4) is 22.5 Å². The lowest BCUT2D eigenvalue weighted by Crippen LogP contribution is -2.13. The lowest BCUT2D eigenvalue weighted by atomic mass is 10.0. The minimum Gasteiger partial charge on any atom is -0.465 e. The van der Waals surface area contributed by atoms with E-state index in [-0.39, 0.29) is 12.5 Å². The van der Waals surface area contributed by atoms with Gasteiger partial charge in [0.05, 0.1) is 24.3 Å². The highest BCUT2D eigenvalue weighted by atomic mass is 35.5. The van der Waals surface area contributed by atoms with Crippen LogP contribution < -0.4 is 0 Å². The Morgan fingerprint density at radius 2 is 1.79 bits per heavy atom. The zero-order valence-electron chi connectivity index (χ0n) is 13.3. The molecule has 0 bridgehead atoms. The summed E-state index contributed by atoms with van der Waals surface area (Å²) in [4.78, 5) is 16.4. The van der Waals surface area contributed by atoms with Gasteiger partial charge in [0, 0.05) is 16.1 Å². The summed E-state index contributed by atoms with van der Waals surface area (Å²) in [6, 6.07) is 17.4. The lowest BCUT2D eigenvalue weighted by molar-refractivity contribution is -0.143. The Hall–Kier alpha value is -2.59. The maximum absolute atomic E-state index is 11.9. The molecule has 3 aromatic rings. The zero-order chi connectivity index (χ0) is 16.9. The molecule has 1 heterocycles. The van der Waals surface area contributed by atoms with Crippen LogP contribution in [-0.2, 0) is 16.1 Å². The zero-order valence-corrected chi connectivity index (χ0v) is 14.0. The molecule has 0 aliphatic heterocycles. The number of esters is 1. The first kappa shape index (κ1) is 16.3. The normalized spacial score (nSPS) is 10.6. The predicted molar refractivity (Wildman–Crippen MR) is 94.7 cm³/mol. The number of carbonyl (C=O) groups is 1. The van der Waals surface area contributed by atoms with Gasteiger partial charge in [-0.2, -0.15) is 0 Å². The van der Waals surface area contributed by atoms with Crippen LogP contribution in [0.25, 0.3) is 22.5 Å². The van der Waals surface area contributed by atoms with Crippen molar-refractivity contribution in [2.45, 2.75) is 13.5 Å². The predicted octanol–water partition coefficient (Wildman–Crippen LogP) is 4.43. The number of ether oxygens (including phenoxy) is 1. The van der Waals surface area contributed by atoms with Gasteiger partial charge in [0.1, 0.15) is 6.54 Å². The molecule has 3 rings (SSSR count). The molecule has 1 aromatic heterocycles. The van der Waals surface area contributed by atoms with Crippen molar-refractivity contribution in [3.63, 3.8) is 0 Å². The highest BCUT2D eigenvalue weighted by Gasteiger charge is 2.17. The first-order valence-corrected chi connectivity index (χ1v) is 8.09. The molecule has 0 unspecified atom stereocenters. The van der Waals surface area contributed by atoms with E-state index in [2.05, 4.69) is 4.98 Å². The van der Waals surface area contributed by atoms with E-state index in [1.807, 2.05) is 59.2 Å². The van der Waals surface area contributed by atoms with Crippen molar-refractivity contribution in [1.29, 1.82) is 0 Å². The molecule has 5 heteroatoms. The Balaban J connectivity index is 2.08. The molecule has 0 aliphatic rings. The van der Waals surface area contributed by atoms with Crippen LogP contribution in [-0.4, -0.2) is 22.1 Å². The van der Waals surface area contributed by atoms with E-state index in [4.69, 9.17) is 16.3 Å². The number of hydrogen-bond acceptors (Lipinski definition) is 3. The first-order chi connectivity index (χ1) is 11.7. The topological polar surface area (TPSA) is 44.1 Å². The highest BCUT2D eigenvalue weighted by molar-refractivity contribution is 6.30. The van der Waals surface area contributed by atoms with Gasteiger partial charge in [-0.3, -0.25) is 4.79 Å². The van der Waals surface area contributed by atoms with E-state index >= 15 is 0 Å². The van der Waals surface area contributed by atoms with Gasteiger partial charge in [-0.25, -0.2) is 4.98 Å². The fourth-order valence-electron chi connectivity index (χ4n) is 2.57. The molecule has 0 saturated heterocycles. The molecule has 0 radical (unpaired) electrons. The molecule has 0 atom stereocenters.